The highest BCUT2D eigenvalue weighted by atomic mass is 19.1. The number of unbranched alkanes of at least 4 members (excludes halogenated alkanes) is 2. The van der Waals surface area contributed by atoms with Crippen molar-refractivity contribution in [1.29, 1.82) is 0 Å². The van der Waals surface area contributed by atoms with Gasteiger partial charge in [0.05, 0.1) is 13.2 Å². The van der Waals surface area contributed by atoms with Crippen molar-refractivity contribution < 1.29 is 42.6 Å². The number of fused-ring (bicyclic) bond motifs is 1. The van der Waals surface area contributed by atoms with E-state index in [0.29, 0.717) is 96.1 Å². The quantitative estimate of drug-likeness (QED) is 0.0563. The molecule has 5 amide bonds. The van der Waals surface area contributed by atoms with Crippen LogP contribution in [-0.2, 0) is 50.5 Å². The Morgan fingerprint density at radius 3 is 2.58 bits per heavy atom. The number of nitrogens with one attached hydrogen (secondary N) is 4. The second-order valence-corrected chi connectivity index (χ2v) is 15.2. The summed E-state index contributed by atoms with van der Waals surface area (Å²) in [5.74, 6) is -0.550. The van der Waals surface area contributed by atoms with Crippen molar-refractivity contribution in [2.75, 3.05) is 43.7 Å². The predicted molar refractivity (Wildman–Crippen MR) is 230 cm³/mol. The maximum Gasteiger partial charge on any atom is 0.255 e. The Labute approximate surface area is 368 Å². The molecule has 64 heavy (non-hydrogen) atoms. The van der Waals surface area contributed by atoms with Crippen LogP contribution < -0.4 is 26.0 Å². The van der Waals surface area contributed by atoms with Gasteiger partial charge >= 0.3 is 0 Å². The van der Waals surface area contributed by atoms with Gasteiger partial charge in [0.25, 0.3) is 11.8 Å². The second kappa shape index (κ2) is 21.8. The molecule has 334 valence electrons. The molecule has 0 spiro atoms. The Morgan fingerprint density at radius 2 is 1.73 bits per heavy atom. The fourth-order valence-electron chi connectivity index (χ4n) is 7.26. The van der Waals surface area contributed by atoms with Gasteiger partial charge in [0.1, 0.15) is 36.2 Å². The third-order valence-electron chi connectivity index (χ3n) is 10.7. The van der Waals surface area contributed by atoms with Gasteiger partial charge in [-0.2, -0.15) is 0 Å². The van der Waals surface area contributed by atoms with Crippen LogP contribution in [0.15, 0.2) is 79.3 Å². The molecule has 0 bridgehead atoms. The molecule has 2 aromatic heterocycles. The van der Waals surface area contributed by atoms with Crippen LogP contribution in [0.5, 0.6) is 5.75 Å². The summed E-state index contributed by atoms with van der Waals surface area (Å²) in [5.41, 5.74) is 3.58. The number of amides is 5. The van der Waals surface area contributed by atoms with Gasteiger partial charge in [0, 0.05) is 86.2 Å². The number of hydrogen-bond acceptors (Lipinski definition) is 13. The standard InChI is InChI=1S/C45H49FN10O8/c1-55-39(53-54-42(55)37-16-17-47-28-50-37)25-48-31-9-5-8-29(22-31)43(59)49-24-30-23-32(12-13-35(30)46)64-21-4-2-3-18-62-19-7-20-63-27-41(58)51-36-11-6-10-33-34(36)26-56(45(33)61)38-14-15-40(57)52-44(38)60/h5-6,8-13,16-17,22-23,28,38,48H,2-4,7,14-15,18-21,24-27H2,1H3,(H,49,59)(H,51,58)(H,52,57,60). The zero-order chi connectivity index (χ0) is 44.8. The van der Waals surface area contributed by atoms with Crippen molar-refractivity contribution >= 4 is 40.9 Å². The average Bonchev–Trinajstić information content (AvgIpc) is 3.84. The van der Waals surface area contributed by atoms with Crippen LogP contribution in [0.1, 0.15) is 76.2 Å². The normalized spacial score (nSPS) is 14.6. The highest BCUT2D eigenvalue weighted by molar-refractivity contribution is 6.07. The highest BCUT2D eigenvalue weighted by Crippen LogP contribution is 2.32. The van der Waals surface area contributed by atoms with Crippen LogP contribution in [0.25, 0.3) is 11.5 Å². The van der Waals surface area contributed by atoms with E-state index in [9.17, 15) is 28.4 Å². The minimum absolute atomic E-state index is 0.0209. The molecule has 18 nitrogen and oxygen atoms in total. The number of hydrogen-bond donors (Lipinski definition) is 4. The van der Waals surface area contributed by atoms with Gasteiger partial charge in [-0.3, -0.25) is 29.3 Å². The molecule has 0 saturated carbocycles. The molecule has 7 rings (SSSR count). The zero-order valence-electron chi connectivity index (χ0n) is 35.3. The van der Waals surface area contributed by atoms with Crippen molar-refractivity contribution in [2.45, 2.75) is 64.2 Å². The number of halogens is 1. The average molecular weight is 877 g/mol. The molecule has 1 fully saturated rings. The molecule has 4 N–H and O–H groups in total. The molecule has 2 aliphatic rings. The van der Waals surface area contributed by atoms with E-state index in [0.717, 1.165) is 19.3 Å². The number of anilines is 2. The van der Waals surface area contributed by atoms with Gasteiger partial charge in [-0.15, -0.1) is 10.2 Å². The summed E-state index contributed by atoms with van der Waals surface area (Å²) < 4.78 is 33.6. The zero-order valence-corrected chi connectivity index (χ0v) is 35.3. The summed E-state index contributed by atoms with van der Waals surface area (Å²) in [5, 5.41) is 19.6. The van der Waals surface area contributed by atoms with Crippen LogP contribution >= 0.6 is 0 Å². The first-order chi connectivity index (χ1) is 31.1. The Morgan fingerprint density at radius 1 is 0.906 bits per heavy atom. The van der Waals surface area contributed by atoms with Gasteiger partial charge in [0.15, 0.2) is 11.6 Å². The molecular weight excluding hydrogens is 828 g/mol. The summed E-state index contributed by atoms with van der Waals surface area (Å²) >= 11 is 0. The van der Waals surface area contributed by atoms with E-state index >= 15 is 0 Å². The number of carbonyl (C=O) groups is 5. The Kier molecular flexibility index (Phi) is 15.3. The lowest BCUT2D eigenvalue weighted by molar-refractivity contribution is -0.137. The molecule has 1 unspecified atom stereocenters. The van der Waals surface area contributed by atoms with Crippen molar-refractivity contribution in [3.63, 3.8) is 0 Å². The SMILES string of the molecule is Cn1c(CNc2cccc(C(=O)NCc3cc(OCCCCCOCCCOCC(=O)Nc4cccc5c4CN(C4CCC(=O)NC4=O)C5=O)ccc3F)c2)nnc1-c1ccncn1. The monoisotopic (exact) mass is 876 g/mol. The van der Waals surface area contributed by atoms with Crippen LogP contribution in [-0.4, -0.2) is 98.2 Å². The molecular formula is C45H49FN10O8. The highest BCUT2D eigenvalue weighted by Gasteiger charge is 2.40. The van der Waals surface area contributed by atoms with E-state index in [4.69, 9.17) is 14.2 Å². The summed E-state index contributed by atoms with van der Waals surface area (Å²) in [4.78, 5) is 72.2. The number of ether oxygens (including phenoxy) is 3. The molecule has 19 heteroatoms. The summed E-state index contributed by atoms with van der Waals surface area (Å²) in [6, 6.07) is 17.5. The molecule has 1 atom stereocenters. The lowest BCUT2D eigenvalue weighted by atomic mass is 10.0. The molecule has 1 saturated heterocycles. The van der Waals surface area contributed by atoms with Crippen molar-refractivity contribution in [2.24, 2.45) is 7.05 Å². The van der Waals surface area contributed by atoms with E-state index in [1.165, 1.54) is 17.3 Å². The minimum atomic E-state index is -0.740. The molecule has 0 radical (unpaired) electrons. The van der Waals surface area contributed by atoms with E-state index in [1.54, 1.807) is 60.8 Å². The lowest BCUT2D eigenvalue weighted by Gasteiger charge is -2.29. The third kappa shape index (κ3) is 11.7. The fourth-order valence-corrected chi connectivity index (χ4v) is 7.26. The number of imide groups is 1. The lowest BCUT2D eigenvalue weighted by Crippen LogP contribution is -2.52. The minimum Gasteiger partial charge on any atom is -0.494 e. The fraction of sp³-hybridized carbons (Fsp3) is 0.356. The smallest absolute Gasteiger partial charge is 0.255 e. The van der Waals surface area contributed by atoms with Gasteiger partial charge < -0.3 is 39.6 Å². The molecule has 4 heterocycles. The topological polar surface area (TPSA) is 221 Å². The molecule has 2 aliphatic heterocycles. The van der Waals surface area contributed by atoms with Gasteiger partial charge in [0.2, 0.25) is 17.7 Å². The van der Waals surface area contributed by atoms with Crippen molar-refractivity contribution in [3.8, 4) is 17.3 Å². The maximum absolute atomic E-state index is 14.7. The summed E-state index contributed by atoms with van der Waals surface area (Å²) in [6.07, 6.45) is 6.55. The Bertz CT molecular complexity index is 2470. The van der Waals surface area contributed by atoms with Crippen molar-refractivity contribution in [1.82, 2.24) is 40.3 Å². The van der Waals surface area contributed by atoms with Crippen LogP contribution in [0.2, 0.25) is 0 Å². The summed E-state index contributed by atoms with van der Waals surface area (Å²) in [7, 11) is 1.85. The van der Waals surface area contributed by atoms with Gasteiger partial charge in [-0.25, -0.2) is 14.4 Å². The molecule has 0 aliphatic carbocycles. The number of piperidine rings is 1. The van der Waals surface area contributed by atoms with Crippen LogP contribution in [0.4, 0.5) is 15.8 Å². The molecule has 5 aromatic rings. The van der Waals surface area contributed by atoms with E-state index in [-0.39, 0.29) is 56.2 Å². The van der Waals surface area contributed by atoms with E-state index in [2.05, 4.69) is 41.4 Å². The van der Waals surface area contributed by atoms with Gasteiger partial charge in [-0.1, -0.05) is 12.1 Å². The first-order valence-electron chi connectivity index (χ1n) is 21.0. The number of benzene rings is 3. The molecule has 3 aromatic carbocycles. The van der Waals surface area contributed by atoms with Crippen LogP contribution in [0, 0.1) is 5.82 Å². The first kappa shape index (κ1) is 44.9. The van der Waals surface area contributed by atoms with Crippen LogP contribution in [0.3, 0.4) is 0 Å². The number of aromatic nitrogens is 5. The maximum atomic E-state index is 14.7. The van der Waals surface area contributed by atoms with Gasteiger partial charge in [-0.05, 0) is 86.7 Å². The Hall–Kier alpha value is -7.12. The third-order valence-corrected chi connectivity index (χ3v) is 10.7. The Balaban J connectivity index is 0.730. The van der Waals surface area contributed by atoms with E-state index < -0.39 is 17.8 Å². The number of nitrogens with zero attached hydrogens (tertiary/aromatic N) is 6. The first-order valence-corrected chi connectivity index (χ1v) is 21.0. The van der Waals surface area contributed by atoms with Crippen molar-refractivity contribution in [3.05, 3.63) is 113 Å². The second-order valence-electron chi connectivity index (χ2n) is 15.2. The number of carbonyl (C=O) groups excluding carboxylic acids is 5. The predicted octanol–water partition coefficient (Wildman–Crippen LogP) is 4.33. The largest absolute Gasteiger partial charge is 0.494 e. The number of rotatable bonds is 22. The summed E-state index contributed by atoms with van der Waals surface area (Å²) in [6.45, 7) is 2.10. The van der Waals surface area contributed by atoms with E-state index in [1.807, 2.05) is 17.7 Å².